The maximum atomic E-state index is 10.5. The molecule has 0 aliphatic rings. The fraction of sp³-hybridized carbons (Fsp3) is 0.636. The summed E-state index contributed by atoms with van der Waals surface area (Å²) in [5.41, 5.74) is 0.446. The van der Waals surface area contributed by atoms with Crippen LogP contribution in [0.1, 0.15) is 39.5 Å². The van der Waals surface area contributed by atoms with Crippen molar-refractivity contribution in [2.24, 2.45) is 5.41 Å². The van der Waals surface area contributed by atoms with Crippen molar-refractivity contribution in [3.63, 3.8) is 0 Å². The van der Waals surface area contributed by atoms with E-state index in [1.165, 1.54) is 0 Å². The first-order valence-electron chi connectivity index (χ1n) is 4.87. The van der Waals surface area contributed by atoms with Crippen molar-refractivity contribution in [3.05, 3.63) is 12.2 Å². The molecule has 0 atom stereocenters. The summed E-state index contributed by atoms with van der Waals surface area (Å²) in [7, 11) is 0. The minimum absolute atomic E-state index is 0.0446. The highest BCUT2D eigenvalue weighted by atomic mass is 16.4. The van der Waals surface area contributed by atoms with Gasteiger partial charge in [-0.15, -0.1) is 0 Å². The molecule has 2 N–H and O–H groups in total. The second-order valence-electron chi connectivity index (χ2n) is 4.13. The molecule has 4 nitrogen and oxygen atoms in total. The minimum atomic E-state index is -0.863. The van der Waals surface area contributed by atoms with E-state index in [0.717, 1.165) is 5.57 Å². The van der Waals surface area contributed by atoms with Gasteiger partial charge in [-0.2, -0.15) is 0 Å². The summed E-state index contributed by atoms with van der Waals surface area (Å²) in [4.78, 5) is 20.9. The quantitative estimate of drug-likeness (QED) is 0.637. The van der Waals surface area contributed by atoms with Crippen LogP contribution in [-0.4, -0.2) is 22.2 Å². The Balaban J connectivity index is 4.38. The SMILES string of the molecule is C=C(C)C(C)(CCC(=O)O)CCC(=O)O. The van der Waals surface area contributed by atoms with E-state index in [4.69, 9.17) is 10.2 Å². The Morgan fingerprint density at radius 2 is 1.47 bits per heavy atom. The zero-order valence-corrected chi connectivity index (χ0v) is 9.25. The van der Waals surface area contributed by atoms with Crippen molar-refractivity contribution in [3.8, 4) is 0 Å². The summed E-state index contributed by atoms with van der Waals surface area (Å²) in [6, 6.07) is 0. The number of carboxylic acids is 2. The van der Waals surface area contributed by atoms with Gasteiger partial charge in [0.1, 0.15) is 0 Å². The Kier molecular flexibility index (Phi) is 5.05. The first-order chi connectivity index (χ1) is 6.78. The van der Waals surface area contributed by atoms with Crippen LogP contribution in [0.4, 0.5) is 0 Å². The Hall–Kier alpha value is -1.32. The molecule has 0 bridgehead atoms. The van der Waals surface area contributed by atoms with Gasteiger partial charge >= 0.3 is 11.9 Å². The lowest BCUT2D eigenvalue weighted by molar-refractivity contribution is -0.137. The third-order valence-corrected chi connectivity index (χ3v) is 2.81. The monoisotopic (exact) mass is 214 g/mol. The summed E-state index contributed by atoms with van der Waals surface area (Å²) in [6.07, 6.45) is 0.960. The zero-order chi connectivity index (χ0) is 12.1. The fourth-order valence-electron chi connectivity index (χ4n) is 1.32. The maximum Gasteiger partial charge on any atom is 0.303 e. The predicted molar refractivity (Wildman–Crippen MR) is 56.7 cm³/mol. The van der Waals surface area contributed by atoms with E-state index < -0.39 is 17.4 Å². The van der Waals surface area contributed by atoms with Crippen LogP contribution in [0.5, 0.6) is 0 Å². The zero-order valence-electron chi connectivity index (χ0n) is 9.25. The fourth-order valence-corrected chi connectivity index (χ4v) is 1.32. The number of carbonyl (C=O) groups is 2. The minimum Gasteiger partial charge on any atom is -0.481 e. The smallest absolute Gasteiger partial charge is 0.303 e. The highest BCUT2D eigenvalue weighted by Crippen LogP contribution is 2.35. The highest BCUT2D eigenvalue weighted by Gasteiger charge is 2.26. The Morgan fingerprint density at radius 3 is 1.67 bits per heavy atom. The van der Waals surface area contributed by atoms with Crippen molar-refractivity contribution in [1.82, 2.24) is 0 Å². The number of hydrogen-bond donors (Lipinski definition) is 2. The van der Waals surface area contributed by atoms with E-state index in [2.05, 4.69) is 6.58 Å². The van der Waals surface area contributed by atoms with Crippen molar-refractivity contribution in [2.75, 3.05) is 0 Å². The first-order valence-corrected chi connectivity index (χ1v) is 4.87. The lowest BCUT2D eigenvalue weighted by Gasteiger charge is -2.29. The van der Waals surface area contributed by atoms with Gasteiger partial charge in [-0.1, -0.05) is 19.1 Å². The third kappa shape index (κ3) is 5.20. The summed E-state index contributed by atoms with van der Waals surface area (Å²) in [5.74, 6) is -1.73. The van der Waals surface area contributed by atoms with E-state index >= 15 is 0 Å². The second-order valence-corrected chi connectivity index (χ2v) is 4.13. The molecule has 86 valence electrons. The van der Waals surface area contributed by atoms with E-state index in [0.29, 0.717) is 12.8 Å². The van der Waals surface area contributed by atoms with Gasteiger partial charge in [-0.05, 0) is 25.2 Å². The second kappa shape index (κ2) is 5.53. The van der Waals surface area contributed by atoms with Gasteiger partial charge in [0.05, 0.1) is 0 Å². The molecule has 0 fully saturated rings. The van der Waals surface area contributed by atoms with Crippen molar-refractivity contribution < 1.29 is 19.8 Å². The molecule has 15 heavy (non-hydrogen) atoms. The molecule has 0 aliphatic heterocycles. The van der Waals surface area contributed by atoms with Gasteiger partial charge < -0.3 is 10.2 Å². The van der Waals surface area contributed by atoms with Gasteiger partial charge in [-0.25, -0.2) is 0 Å². The maximum absolute atomic E-state index is 10.5. The summed E-state index contributed by atoms with van der Waals surface area (Å²) < 4.78 is 0. The average molecular weight is 214 g/mol. The van der Waals surface area contributed by atoms with Crippen LogP contribution in [0.2, 0.25) is 0 Å². The summed E-state index contributed by atoms with van der Waals surface area (Å²) in [5, 5.41) is 17.2. The van der Waals surface area contributed by atoms with E-state index in [9.17, 15) is 9.59 Å². The first kappa shape index (κ1) is 13.7. The molecule has 0 spiro atoms. The molecule has 0 saturated carbocycles. The van der Waals surface area contributed by atoms with Gasteiger partial charge in [-0.3, -0.25) is 9.59 Å². The number of carboxylic acid groups (broad SMARTS) is 2. The van der Waals surface area contributed by atoms with Crippen molar-refractivity contribution >= 4 is 11.9 Å². The normalized spacial score (nSPS) is 11.1. The third-order valence-electron chi connectivity index (χ3n) is 2.81. The molecule has 0 amide bonds. The van der Waals surface area contributed by atoms with Crippen LogP contribution in [0, 0.1) is 5.41 Å². The summed E-state index contributed by atoms with van der Waals surface area (Å²) >= 11 is 0. The van der Waals surface area contributed by atoms with Crippen molar-refractivity contribution in [2.45, 2.75) is 39.5 Å². The van der Waals surface area contributed by atoms with Crippen LogP contribution in [0.15, 0.2) is 12.2 Å². The van der Waals surface area contributed by atoms with Crippen LogP contribution >= 0.6 is 0 Å². The van der Waals surface area contributed by atoms with Gasteiger partial charge in [0.2, 0.25) is 0 Å². The molecule has 4 heteroatoms. The van der Waals surface area contributed by atoms with Crippen LogP contribution in [0.3, 0.4) is 0 Å². The number of aliphatic carboxylic acids is 2. The molecular formula is C11H18O4. The molecule has 0 aromatic carbocycles. The van der Waals surface area contributed by atoms with Crippen LogP contribution < -0.4 is 0 Å². The van der Waals surface area contributed by atoms with E-state index in [1.807, 2.05) is 13.8 Å². The predicted octanol–water partition coefficient (Wildman–Crippen LogP) is 2.30. The molecule has 0 rings (SSSR count). The average Bonchev–Trinajstić information content (AvgIpc) is 2.11. The lowest BCUT2D eigenvalue weighted by atomic mass is 9.76. The van der Waals surface area contributed by atoms with Crippen LogP contribution in [-0.2, 0) is 9.59 Å². The van der Waals surface area contributed by atoms with Crippen LogP contribution in [0.25, 0.3) is 0 Å². The molecule has 0 aromatic heterocycles. The molecule has 0 radical (unpaired) electrons. The largest absolute Gasteiger partial charge is 0.481 e. The van der Waals surface area contributed by atoms with Gasteiger partial charge in [0, 0.05) is 12.8 Å². The molecular weight excluding hydrogens is 196 g/mol. The number of hydrogen-bond acceptors (Lipinski definition) is 2. The summed E-state index contributed by atoms with van der Waals surface area (Å²) in [6.45, 7) is 7.47. The molecule has 0 heterocycles. The molecule has 0 unspecified atom stereocenters. The molecule has 0 aliphatic carbocycles. The van der Waals surface area contributed by atoms with Gasteiger partial charge in [0.15, 0.2) is 0 Å². The number of allylic oxidation sites excluding steroid dienone is 1. The number of rotatable bonds is 7. The van der Waals surface area contributed by atoms with Gasteiger partial charge in [0.25, 0.3) is 0 Å². The van der Waals surface area contributed by atoms with E-state index in [1.54, 1.807) is 0 Å². The molecule has 0 aromatic rings. The lowest BCUT2D eigenvalue weighted by Crippen LogP contribution is -2.20. The Morgan fingerprint density at radius 1 is 1.13 bits per heavy atom. The Labute approximate surface area is 89.6 Å². The molecule has 0 saturated heterocycles. The standard InChI is InChI=1S/C11H18O4/c1-8(2)11(3,6-4-9(12)13)7-5-10(14)15/h1,4-7H2,2-3H3,(H,12,13)(H,14,15). The van der Waals surface area contributed by atoms with E-state index in [-0.39, 0.29) is 12.8 Å². The highest BCUT2D eigenvalue weighted by molar-refractivity contribution is 5.67. The topological polar surface area (TPSA) is 74.6 Å². The van der Waals surface area contributed by atoms with Crippen molar-refractivity contribution in [1.29, 1.82) is 0 Å². The Bertz CT molecular complexity index is 250.